The third-order valence-electron chi connectivity index (χ3n) is 2.02. The van der Waals surface area contributed by atoms with Crippen LogP contribution in [0.1, 0.15) is 19.0 Å². The molecule has 0 fully saturated rings. The highest BCUT2D eigenvalue weighted by atomic mass is 16.3. The Morgan fingerprint density at radius 1 is 1.60 bits per heavy atom. The molecular weight excluding hydrogens is 192 g/mol. The van der Waals surface area contributed by atoms with Crippen LogP contribution in [0.25, 0.3) is 0 Å². The van der Waals surface area contributed by atoms with Gasteiger partial charge in [-0.2, -0.15) is 0 Å². The Bertz CT molecular complexity index is 301. The summed E-state index contributed by atoms with van der Waals surface area (Å²) in [6, 6.07) is 5.46. The Labute approximate surface area is 89.3 Å². The number of pyridine rings is 1. The average molecular weight is 208 g/mol. The van der Waals surface area contributed by atoms with E-state index < -0.39 is 0 Å². The fourth-order valence-electron chi connectivity index (χ4n) is 1.18. The van der Waals surface area contributed by atoms with Crippen LogP contribution in [0.3, 0.4) is 0 Å². The number of carbonyl (C=O) groups is 1. The van der Waals surface area contributed by atoms with Crippen LogP contribution in [-0.4, -0.2) is 28.6 Å². The predicted molar refractivity (Wildman–Crippen MR) is 57.2 cm³/mol. The third-order valence-corrected chi connectivity index (χ3v) is 2.02. The summed E-state index contributed by atoms with van der Waals surface area (Å²) in [5, 5.41) is 11.4. The fourth-order valence-corrected chi connectivity index (χ4v) is 1.18. The van der Waals surface area contributed by atoms with E-state index in [-0.39, 0.29) is 18.6 Å². The zero-order chi connectivity index (χ0) is 11.1. The van der Waals surface area contributed by atoms with Gasteiger partial charge < -0.3 is 10.4 Å². The first-order valence-corrected chi connectivity index (χ1v) is 5.02. The minimum Gasteiger partial charge on any atom is -0.394 e. The van der Waals surface area contributed by atoms with Gasteiger partial charge in [-0.15, -0.1) is 0 Å². The van der Waals surface area contributed by atoms with E-state index in [1.807, 2.05) is 18.2 Å². The van der Waals surface area contributed by atoms with Gasteiger partial charge in [-0.3, -0.25) is 9.78 Å². The summed E-state index contributed by atoms with van der Waals surface area (Å²) in [7, 11) is 0. The third kappa shape index (κ3) is 4.56. The van der Waals surface area contributed by atoms with Gasteiger partial charge in [-0.25, -0.2) is 0 Å². The second kappa shape index (κ2) is 6.14. The molecule has 0 saturated carbocycles. The molecule has 15 heavy (non-hydrogen) atoms. The normalized spacial score (nSPS) is 12.1. The van der Waals surface area contributed by atoms with Crippen LogP contribution in [0.4, 0.5) is 0 Å². The van der Waals surface area contributed by atoms with Gasteiger partial charge in [0.15, 0.2) is 0 Å². The maximum Gasteiger partial charge on any atom is 0.220 e. The van der Waals surface area contributed by atoms with Crippen LogP contribution in [0.2, 0.25) is 0 Å². The number of carbonyl (C=O) groups excluding carboxylic acids is 1. The minimum atomic E-state index is -0.179. The lowest BCUT2D eigenvalue weighted by Crippen LogP contribution is -2.35. The molecule has 1 heterocycles. The number of aliphatic hydroxyl groups is 1. The lowest BCUT2D eigenvalue weighted by Gasteiger charge is -2.10. The number of amides is 1. The molecule has 0 unspecified atom stereocenters. The Morgan fingerprint density at radius 3 is 3.00 bits per heavy atom. The first kappa shape index (κ1) is 11.7. The van der Waals surface area contributed by atoms with Crippen LogP contribution < -0.4 is 5.32 Å². The van der Waals surface area contributed by atoms with E-state index in [9.17, 15) is 4.79 Å². The number of aryl methyl sites for hydroxylation is 1. The topological polar surface area (TPSA) is 62.2 Å². The van der Waals surface area contributed by atoms with Crippen molar-refractivity contribution in [2.75, 3.05) is 6.61 Å². The van der Waals surface area contributed by atoms with Gasteiger partial charge in [0, 0.05) is 24.4 Å². The van der Waals surface area contributed by atoms with Gasteiger partial charge in [0.25, 0.3) is 0 Å². The highest BCUT2D eigenvalue weighted by Crippen LogP contribution is 1.98. The van der Waals surface area contributed by atoms with Crippen LogP contribution in [0.15, 0.2) is 24.4 Å². The lowest BCUT2D eigenvalue weighted by molar-refractivity contribution is -0.121. The Morgan fingerprint density at radius 2 is 2.40 bits per heavy atom. The summed E-state index contributed by atoms with van der Waals surface area (Å²) >= 11 is 0. The van der Waals surface area contributed by atoms with Crippen molar-refractivity contribution in [2.24, 2.45) is 0 Å². The van der Waals surface area contributed by atoms with Crippen molar-refractivity contribution in [3.05, 3.63) is 30.1 Å². The molecule has 1 rings (SSSR count). The molecule has 1 atom stereocenters. The van der Waals surface area contributed by atoms with Crippen LogP contribution >= 0.6 is 0 Å². The Hall–Kier alpha value is -1.42. The van der Waals surface area contributed by atoms with Gasteiger partial charge in [0.1, 0.15) is 0 Å². The Balaban J connectivity index is 2.29. The predicted octanol–water partition coefficient (Wildman–Crippen LogP) is 0.511. The van der Waals surface area contributed by atoms with E-state index in [2.05, 4.69) is 10.3 Å². The molecule has 82 valence electrons. The number of aliphatic hydroxyl groups excluding tert-OH is 1. The zero-order valence-electron chi connectivity index (χ0n) is 8.81. The summed E-state index contributed by atoms with van der Waals surface area (Å²) < 4.78 is 0. The van der Waals surface area contributed by atoms with Gasteiger partial charge in [-0.1, -0.05) is 6.07 Å². The van der Waals surface area contributed by atoms with Crippen molar-refractivity contribution in [3.8, 4) is 0 Å². The second-order valence-electron chi connectivity index (χ2n) is 3.47. The van der Waals surface area contributed by atoms with Crippen molar-refractivity contribution in [1.29, 1.82) is 0 Å². The highest BCUT2D eigenvalue weighted by molar-refractivity contribution is 5.76. The standard InChI is InChI=1S/C11H16N2O2/c1-9(8-14)13-11(15)6-5-10-4-2-3-7-12-10/h2-4,7,9,14H,5-6,8H2,1H3,(H,13,15)/t9-/m1/s1. The van der Waals surface area contributed by atoms with Gasteiger partial charge in [-0.05, 0) is 25.5 Å². The minimum absolute atomic E-state index is 0.0324. The molecule has 2 N–H and O–H groups in total. The van der Waals surface area contributed by atoms with Crippen molar-refractivity contribution in [1.82, 2.24) is 10.3 Å². The molecule has 0 aliphatic rings. The van der Waals surface area contributed by atoms with Crippen molar-refractivity contribution < 1.29 is 9.90 Å². The summed E-state index contributed by atoms with van der Waals surface area (Å²) in [4.78, 5) is 15.5. The molecule has 0 saturated heterocycles. The molecule has 1 aromatic heterocycles. The van der Waals surface area contributed by atoms with Crippen LogP contribution in [0, 0.1) is 0 Å². The summed E-state index contributed by atoms with van der Waals surface area (Å²) in [6.07, 6.45) is 2.75. The number of hydrogen-bond acceptors (Lipinski definition) is 3. The molecule has 0 bridgehead atoms. The van der Waals surface area contributed by atoms with E-state index >= 15 is 0 Å². The number of hydrogen-bond donors (Lipinski definition) is 2. The molecule has 4 nitrogen and oxygen atoms in total. The summed E-state index contributed by atoms with van der Waals surface area (Å²) in [6.45, 7) is 1.73. The highest BCUT2D eigenvalue weighted by Gasteiger charge is 2.06. The number of nitrogens with one attached hydrogen (secondary N) is 1. The molecule has 0 spiro atoms. The first-order valence-electron chi connectivity index (χ1n) is 5.02. The molecule has 1 amide bonds. The van der Waals surface area contributed by atoms with Crippen molar-refractivity contribution in [3.63, 3.8) is 0 Å². The van der Waals surface area contributed by atoms with E-state index in [1.165, 1.54) is 0 Å². The monoisotopic (exact) mass is 208 g/mol. The largest absolute Gasteiger partial charge is 0.394 e. The maximum absolute atomic E-state index is 11.3. The van der Waals surface area contributed by atoms with E-state index in [1.54, 1.807) is 13.1 Å². The lowest BCUT2D eigenvalue weighted by atomic mass is 10.2. The maximum atomic E-state index is 11.3. The van der Waals surface area contributed by atoms with Gasteiger partial charge >= 0.3 is 0 Å². The second-order valence-corrected chi connectivity index (χ2v) is 3.47. The molecule has 0 radical (unpaired) electrons. The molecule has 1 aromatic rings. The van der Waals surface area contributed by atoms with Gasteiger partial charge in [0.05, 0.1) is 6.61 Å². The van der Waals surface area contributed by atoms with Gasteiger partial charge in [0.2, 0.25) is 5.91 Å². The quantitative estimate of drug-likeness (QED) is 0.741. The molecule has 0 aliphatic heterocycles. The van der Waals surface area contributed by atoms with Crippen LogP contribution in [-0.2, 0) is 11.2 Å². The van der Waals surface area contributed by atoms with E-state index in [4.69, 9.17) is 5.11 Å². The smallest absolute Gasteiger partial charge is 0.220 e. The number of rotatable bonds is 5. The number of aromatic nitrogens is 1. The van der Waals surface area contributed by atoms with E-state index in [0.717, 1.165) is 5.69 Å². The van der Waals surface area contributed by atoms with Crippen molar-refractivity contribution in [2.45, 2.75) is 25.8 Å². The average Bonchev–Trinajstić information content (AvgIpc) is 2.27. The SMILES string of the molecule is C[C@H](CO)NC(=O)CCc1ccccn1. The molecule has 0 aliphatic carbocycles. The van der Waals surface area contributed by atoms with Crippen molar-refractivity contribution >= 4 is 5.91 Å². The number of nitrogens with zero attached hydrogens (tertiary/aromatic N) is 1. The Kier molecular flexibility index (Phi) is 4.77. The summed E-state index contributed by atoms with van der Waals surface area (Å²) in [5.74, 6) is -0.0535. The molecule has 4 heteroatoms. The molecule has 0 aromatic carbocycles. The molecular formula is C11H16N2O2. The fraction of sp³-hybridized carbons (Fsp3) is 0.455. The first-order chi connectivity index (χ1) is 7.22. The van der Waals surface area contributed by atoms with E-state index in [0.29, 0.717) is 12.8 Å². The zero-order valence-corrected chi connectivity index (χ0v) is 8.81. The van der Waals surface area contributed by atoms with Crippen LogP contribution in [0.5, 0.6) is 0 Å². The summed E-state index contributed by atoms with van der Waals surface area (Å²) in [5.41, 5.74) is 0.907.